The molecular weight excluding hydrogens is 266 g/mol. The molecule has 6 nitrogen and oxygen atoms in total. The van der Waals surface area contributed by atoms with Crippen LogP contribution < -0.4 is 10.6 Å². The molecule has 1 aromatic heterocycles. The minimum absolute atomic E-state index is 0.192. The quantitative estimate of drug-likeness (QED) is 0.883. The van der Waals surface area contributed by atoms with E-state index in [0.29, 0.717) is 23.2 Å². The van der Waals surface area contributed by atoms with Gasteiger partial charge in [-0.15, -0.1) is 0 Å². The molecule has 1 aromatic rings. The summed E-state index contributed by atoms with van der Waals surface area (Å²) in [5, 5.41) is 23.5. The average Bonchev–Trinajstić information content (AvgIpc) is 3.14. The summed E-state index contributed by atoms with van der Waals surface area (Å²) in [5.41, 5.74) is 6.67. The number of rotatable bonds is 3. The molecule has 2 fully saturated rings. The van der Waals surface area contributed by atoms with Gasteiger partial charge in [0.15, 0.2) is 5.82 Å². The molecule has 1 unspecified atom stereocenters. The standard InChI is InChI=1S/C15H23N5O/c16-8-13-14(17)20(12-5-1-2-6-12)18-15(13)19-7-3-4-11(9-19)10-21/h11-12,21H,1-7,9-10,17H2. The predicted octanol–water partition coefficient (Wildman–Crippen LogP) is 1.66. The molecule has 2 aliphatic rings. The molecule has 3 rings (SSSR count). The lowest BCUT2D eigenvalue weighted by Crippen LogP contribution is -2.37. The van der Waals surface area contributed by atoms with Crippen molar-refractivity contribution in [3.8, 4) is 6.07 Å². The molecule has 1 saturated heterocycles. The van der Waals surface area contributed by atoms with Crippen molar-refractivity contribution in [1.29, 1.82) is 5.26 Å². The van der Waals surface area contributed by atoms with E-state index in [2.05, 4.69) is 16.1 Å². The van der Waals surface area contributed by atoms with Crippen molar-refractivity contribution in [2.24, 2.45) is 5.92 Å². The Bertz CT molecular complexity index is 541. The van der Waals surface area contributed by atoms with Crippen molar-refractivity contribution in [1.82, 2.24) is 9.78 Å². The zero-order valence-corrected chi connectivity index (χ0v) is 12.3. The molecular formula is C15H23N5O. The largest absolute Gasteiger partial charge is 0.396 e. The Morgan fingerprint density at radius 1 is 1.29 bits per heavy atom. The fourth-order valence-electron chi connectivity index (χ4n) is 3.60. The van der Waals surface area contributed by atoms with Crippen LogP contribution >= 0.6 is 0 Å². The highest BCUT2D eigenvalue weighted by Crippen LogP contribution is 2.35. The molecule has 2 heterocycles. The normalized spacial score (nSPS) is 23.4. The van der Waals surface area contributed by atoms with E-state index in [4.69, 9.17) is 5.73 Å². The summed E-state index contributed by atoms with van der Waals surface area (Å²) in [7, 11) is 0. The maximum Gasteiger partial charge on any atom is 0.170 e. The number of aromatic nitrogens is 2. The molecule has 21 heavy (non-hydrogen) atoms. The summed E-state index contributed by atoms with van der Waals surface area (Å²) in [6.07, 6.45) is 6.65. The van der Waals surface area contributed by atoms with Crippen LogP contribution in [0.3, 0.4) is 0 Å². The fraction of sp³-hybridized carbons (Fsp3) is 0.733. The van der Waals surface area contributed by atoms with Crippen molar-refractivity contribution >= 4 is 11.6 Å². The van der Waals surface area contributed by atoms with Crippen LogP contribution in [0.25, 0.3) is 0 Å². The number of aliphatic hydroxyl groups excluding tert-OH is 1. The Morgan fingerprint density at radius 3 is 2.71 bits per heavy atom. The molecule has 0 bridgehead atoms. The van der Waals surface area contributed by atoms with Gasteiger partial charge in [0.2, 0.25) is 0 Å². The minimum atomic E-state index is 0.192. The number of anilines is 2. The number of nitrogen functional groups attached to an aromatic ring is 1. The molecule has 0 aromatic carbocycles. The number of aliphatic hydroxyl groups is 1. The third-order valence-corrected chi connectivity index (χ3v) is 4.79. The van der Waals surface area contributed by atoms with Crippen molar-refractivity contribution in [3.05, 3.63) is 5.56 Å². The topological polar surface area (TPSA) is 91.1 Å². The van der Waals surface area contributed by atoms with E-state index in [0.717, 1.165) is 38.8 Å². The summed E-state index contributed by atoms with van der Waals surface area (Å²) >= 11 is 0. The monoisotopic (exact) mass is 289 g/mol. The Hall–Kier alpha value is -1.74. The summed E-state index contributed by atoms with van der Waals surface area (Å²) in [6, 6.07) is 2.56. The van der Waals surface area contributed by atoms with Gasteiger partial charge in [-0.1, -0.05) is 12.8 Å². The fourth-order valence-corrected chi connectivity index (χ4v) is 3.60. The number of nitriles is 1. The van der Waals surface area contributed by atoms with E-state index in [1.807, 2.05) is 4.68 Å². The Morgan fingerprint density at radius 2 is 2.05 bits per heavy atom. The van der Waals surface area contributed by atoms with Gasteiger partial charge in [0.1, 0.15) is 17.5 Å². The van der Waals surface area contributed by atoms with Crippen molar-refractivity contribution in [2.75, 3.05) is 30.3 Å². The lowest BCUT2D eigenvalue weighted by Gasteiger charge is -2.32. The molecule has 1 saturated carbocycles. The zero-order chi connectivity index (χ0) is 14.8. The van der Waals surface area contributed by atoms with Crippen LogP contribution in [0.2, 0.25) is 0 Å². The zero-order valence-electron chi connectivity index (χ0n) is 12.3. The van der Waals surface area contributed by atoms with E-state index < -0.39 is 0 Å². The van der Waals surface area contributed by atoms with E-state index in [9.17, 15) is 10.4 Å². The molecule has 1 aliphatic carbocycles. The number of hydrogen-bond donors (Lipinski definition) is 2. The van der Waals surface area contributed by atoms with Gasteiger partial charge in [-0.2, -0.15) is 10.4 Å². The van der Waals surface area contributed by atoms with E-state index in [1.165, 1.54) is 12.8 Å². The maximum atomic E-state index is 9.45. The first-order valence-corrected chi connectivity index (χ1v) is 7.88. The lowest BCUT2D eigenvalue weighted by molar-refractivity contribution is 0.208. The van der Waals surface area contributed by atoms with Crippen molar-refractivity contribution in [2.45, 2.75) is 44.6 Å². The van der Waals surface area contributed by atoms with Gasteiger partial charge in [0, 0.05) is 19.7 Å². The summed E-state index contributed by atoms with van der Waals surface area (Å²) in [5.74, 6) is 1.48. The van der Waals surface area contributed by atoms with Crippen LogP contribution in [-0.4, -0.2) is 34.6 Å². The Kier molecular flexibility index (Phi) is 4.02. The molecule has 114 valence electrons. The number of nitrogens with two attached hydrogens (primary N) is 1. The van der Waals surface area contributed by atoms with Gasteiger partial charge in [-0.25, -0.2) is 4.68 Å². The average molecular weight is 289 g/mol. The van der Waals surface area contributed by atoms with Crippen LogP contribution in [-0.2, 0) is 0 Å². The Labute approximate surface area is 125 Å². The summed E-state index contributed by atoms with van der Waals surface area (Å²) in [4.78, 5) is 2.12. The van der Waals surface area contributed by atoms with Crippen molar-refractivity contribution < 1.29 is 5.11 Å². The van der Waals surface area contributed by atoms with Gasteiger partial charge < -0.3 is 15.7 Å². The molecule has 1 aliphatic heterocycles. The maximum absolute atomic E-state index is 9.45. The highest BCUT2D eigenvalue weighted by Gasteiger charge is 2.29. The molecule has 0 radical (unpaired) electrons. The summed E-state index contributed by atoms with van der Waals surface area (Å²) in [6.45, 7) is 1.83. The van der Waals surface area contributed by atoms with Gasteiger partial charge in [0.05, 0.1) is 6.04 Å². The van der Waals surface area contributed by atoms with Crippen LogP contribution in [0, 0.1) is 17.2 Å². The second kappa shape index (κ2) is 5.94. The highest BCUT2D eigenvalue weighted by atomic mass is 16.3. The number of piperidine rings is 1. The lowest BCUT2D eigenvalue weighted by atomic mass is 9.99. The SMILES string of the molecule is N#Cc1c(N2CCCC(CO)C2)nn(C2CCCC2)c1N. The van der Waals surface area contributed by atoms with Gasteiger partial charge in [-0.05, 0) is 31.6 Å². The first-order chi connectivity index (χ1) is 10.2. The smallest absolute Gasteiger partial charge is 0.170 e. The second-order valence-corrected chi connectivity index (χ2v) is 6.22. The predicted molar refractivity (Wildman–Crippen MR) is 80.9 cm³/mol. The summed E-state index contributed by atoms with van der Waals surface area (Å²) < 4.78 is 1.86. The third-order valence-electron chi connectivity index (χ3n) is 4.79. The number of hydrogen-bond acceptors (Lipinski definition) is 5. The first kappa shape index (κ1) is 14.2. The van der Waals surface area contributed by atoms with Crippen LogP contribution in [0.1, 0.15) is 50.1 Å². The molecule has 0 spiro atoms. The second-order valence-electron chi connectivity index (χ2n) is 6.22. The van der Waals surface area contributed by atoms with E-state index in [1.54, 1.807) is 0 Å². The van der Waals surface area contributed by atoms with Crippen molar-refractivity contribution in [3.63, 3.8) is 0 Å². The minimum Gasteiger partial charge on any atom is -0.396 e. The van der Waals surface area contributed by atoms with E-state index >= 15 is 0 Å². The third kappa shape index (κ3) is 2.58. The highest BCUT2D eigenvalue weighted by molar-refractivity contribution is 5.65. The molecule has 6 heteroatoms. The Balaban J connectivity index is 1.90. The number of nitrogens with zero attached hydrogens (tertiary/aromatic N) is 4. The van der Waals surface area contributed by atoms with E-state index in [-0.39, 0.29) is 12.5 Å². The molecule has 1 atom stereocenters. The molecule has 0 amide bonds. The van der Waals surface area contributed by atoms with Gasteiger partial charge >= 0.3 is 0 Å². The van der Waals surface area contributed by atoms with Crippen LogP contribution in [0.5, 0.6) is 0 Å². The first-order valence-electron chi connectivity index (χ1n) is 7.88. The van der Waals surface area contributed by atoms with Crippen LogP contribution in [0.4, 0.5) is 11.6 Å². The van der Waals surface area contributed by atoms with Crippen LogP contribution in [0.15, 0.2) is 0 Å². The molecule has 3 N–H and O–H groups in total. The van der Waals surface area contributed by atoms with Gasteiger partial charge in [0.25, 0.3) is 0 Å². The van der Waals surface area contributed by atoms with Gasteiger partial charge in [-0.3, -0.25) is 0 Å².